The van der Waals surface area contributed by atoms with Crippen LogP contribution in [-0.2, 0) is 9.59 Å². The van der Waals surface area contributed by atoms with Gasteiger partial charge in [-0.05, 0) is 18.8 Å². The molecule has 2 bridgehead atoms. The predicted octanol–water partition coefficient (Wildman–Crippen LogP) is 0.0869. The van der Waals surface area contributed by atoms with Crippen LogP contribution in [0.2, 0.25) is 0 Å². The summed E-state index contributed by atoms with van der Waals surface area (Å²) in [5.41, 5.74) is 5.19. The molecule has 0 aliphatic heterocycles. The maximum Gasteiger partial charge on any atom is 0.221 e. The first-order chi connectivity index (χ1) is 5.20. The lowest BCUT2D eigenvalue weighted by atomic mass is 9.97. The van der Waals surface area contributed by atoms with Gasteiger partial charge in [0.05, 0.1) is 5.92 Å². The van der Waals surface area contributed by atoms with E-state index in [1.165, 1.54) is 0 Å². The number of primary amides is 1. The molecule has 2 N–H and O–H groups in total. The van der Waals surface area contributed by atoms with Gasteiger partial charge in [-0.25, -0.2) is 0 Å². The summed E-state index contributed by atoms with van der Waals surface area (Å²) < 4.78 is 0. The molecule has 11 heavy (non-hydrogen) atoms. The van der Waals surface area contributed by atoms with Gasteiger partial charge in [0.15, 0.2) is 0 Å². The van der Waals surface area contributed by atoms with Gasteiger partial charge in [-0.2, -0.15) is 0 Å². The van der Waals surface area contributed by atoms with Crippen molar-refractivity contribution in [3.63, 3.8) is 0 Å². The Bertz CT molecular complexity index is 224. The van der Waals surface area contributed by atoms with Gasteiger partial charge in [-0.1, -0.05) is 0 Å². The number of ketones is 1. The molecular formula is C8H11NO2. The minimum absolute atomic E-state index is 0.0162. The summed E-state index contributed by atoms with van der Waals surface area (Å²) in [6.45, 7) is 0. The number of carbonyl (C=O) groups excluding carboxylic acids is 2. The van der Waals surface area contributed by atoms with Crippen molar-refractivity contribution in [2.24, 2.45) is 23.5 Å². The van der Waals surface area contributed by atoms with Crippen LogP contribution in [-0.4, -0.2) is 11.7 Å². The highest BCUT2D eigenvalue weighted by Gasteiger charge is 2.49. The smallest absolute Gasteiger partial charge is 0.221 e. The summed E-state index contributed by atoms with van der Waals surface area (Å²) in [5.74, 6) is 0.124. The highest BCUT2D eigenvalue weighted by atomic mass is 16.1. The van der Waals surface area contributed by atoms with E-state index in [0.29, 0.717) is 6.42 Å². The van der Waals surface area contributed by atoms with Crippen molar-refractivity contribution < 1.29 is 9.59 Å². The molecule has 3 heteroatoms. The zero-order valence-electron chi connectivity index (χ0n) is 6.25. The fourth-order valence-electron chi connectivity index (χ4n) is 2.51. The summed E-state index contributed by atoms with van der Waals surface area (Å²) in [5, 5.41) is 0. The molecule has 0 radical (unpaired) electrons. The molecule has 3 nitrogen and oxygen atoms in total. The van der Waals surface area contributed by atoms with Crippen LogP contribution in [0.25, 0.3) is 0 Å². The Kier molecular flexibility index (Phi) is 1.28. The molecule has 0 spiro atoms. The molecule has 0 aromatic carbocycles. The average molecular weight is 153 g/mol. The van der Waals surface area contributed by atoms with E-state index in [-0.39, 0.29) is 29.4 Å². The topological polar surface area (TPSA) is 60.2 Å². The van der Waals surface area contributed by atoms with Gasteiger partial charge in [-0.3, -0.25) is 9.59 Å². The number of hydrogen-bond acceptors (Lipinski definition) is 2. The number of carbonyl (C=O) groups is 2. The quantitative estimate of drug-likeness (QED) is 0.580. The van der Waals surface area contributed by atoms with E-state index in [1.54, 1.807) is 0 Å². The molecule has 1 amide bonds. The molecule has 60 valence electrons. The van der Waals surface area contributed by atoms with Crippen molar-refractivity contribution in [2.75, 3.05) is 0 Å². The van der Waals surface area contributed by atoms with Crippen LogP contribution in [0.1, 0.15) is 19.3 Å². The maximum absolute atomic E-state index is 11.1. The second kappa shape index (κ2) is 2.06. The Morgan fingerprint density at radius 3 is 2.45 bits per heavy atom. The Labute approximate surface area is 64.9 Å². The minimum Gasteiger partial charge on any atom is -0.369 e. The van der Waals surface area contributed by atoms with Crippen LogP contribution >= 0.6 is 0 Å². The van der Waals surface area contributed by atoms with E-state index < -0.39 is 0 Å². The maximum atomic E-state index is 11.1. The number of hydrogen-bond donors (Lipinski definition) is 1. The van der Waals surface area contributed by atoms with Crippen molar-refractivity contribution in [3.8, 4) is 0 Å². The van der Waals surface area contributed by atoms with Gasteiger partial charge in [0.2, 0.25) is 5.91 Å². The Balaban J connectivity index is 2.25. The fourth-order valence-corrected chi connectivity index (χ4v) is 2.51. The average Bonchev–Trinajstić information content (AvgIpc) is 2.41. The van der Waals surface area contributed by atoms with Crippen LogP contribution in [0.15, 0.2) is 0 Å². The SMILES string of the molecule is NC(=O)[C@H]1[C@H]2CC[C@@H]1C(=O)C2. The number of amides is 1. The second-order valence-corrected chi connectivity index (χ2v) is 3.54. The molecule has 3 atom stereocenters. The zero-order chi connectivity index (χ0) is 8.01. The van der Waals surface area contributed by atoms with E-state index in [9.17, 15) is 9.59 Å². The Hall–Kier alpha value is -0.860. The first kappa shape index (κ1) is 6.83. The lowest BCUT2D eigenvalue weighted by Gasteiger charge is -2.07. The third kappa shape index (κ3) is 0.800. The van der Waals surface area contributed by atoms with Gasteiger partial charge < -0.3 is 5.73 Å². The van der Waals surface area contributed by atoms with Gasteiger partial charge in [0.1, 0.15) is 5.78 Å². The summed E-state index contributed by atoms with van der Waals surface area (Å²) in [6.07, 6.45) is 2.50. The number of Topliss-reactive ketones (excluding diaryl/α,β-unsaturated/α-hetero) is 1. The number of nitrogens with two attached hydrogens (primary N) is 1. The van der Waals surface area contributed by atoms with Gasteiger partial charge in [0.25, 0.3) is 0 Å². The van der Waals surface area contributed by atoms with Gasteiger partial charge in [0, 0.05) is 12.3 Å². The monoisotopic (exact) mass is 153 g/mol. The largest absolute Gasteiger partial charge is 0.369 e. The Morgan fingerprint density at radius 1 is 1.45 bits per heavy atom. The molecular weight excluding hydrogens is 142 g/mol. The molecule has 0 aromatic rings. The van der Waals surface area contributed by atoms with E-state index in [2.05, 4.69) is 0 Å². The minimum atomic E-state index is -0.275. The molecule has 2 saturated carbocycles. The highest BCUT2D eigenvalue weighted by Crippen LogP contribution is 2.46. The normalized spacial score (nSPS) is 41.5. The van der Waals surface area contributed by atoms with Crippen LogP contribution < -0.4 is 5.73 Å². The molecule has 0 saturated heterocycles. The van der Waals surface area contributed by atoms with Crippen LogP contribution in [0.3, 0.4) is 0 Å². The molecule has 2 rings (SSSR count). The summed E-state index contributed by atoms with van der Waals surface area (Å²) in [6, 6.07) is 0. The third-order valence-corrected chi connectivity index (χ3v) is 3.00. The highest BCUT2D eigenvalue weighted by molar-refractivity contribution is 5.93. The van der Waals surface area contributed by atoms with E-state index in [1.807, 2.05) is 0 Å². The molecule has 0 aromatic heterocycles. The van der Waals surface area contributed by atoms with Crippen molar-refractivity contribution in [3.05, 3.63) is 0 Å². The first-order valence-electron chi connectivity index (χ1n) is 4.02. The van der Waals surface area contributed by atoms with E-state index >= 15 is 0 Å². The van der Waals surface area contributed by atoms with Crippen LogP contribution in [0, 0.1) is 17.8 Å². The first-order valence-corrected chi connectivity index (χ1v) is 4.02. The van der Waals surface area contributed by atoms with Crippen molar-refractivity contribution >= 4 is 11.7 Å². The molecule has 0 heterocycles. The number of rotatable bonds is 1. The number of fused-ring (bicyclic) bond motifs is 2. The molecule has 2 fully saturated rings. The van der Waals surface area contributed by atoms with E-state index in [4.69, 9.17) is 5.73 Å². The lowest BCUT2D eigenvalue weighted by Crippen LogP contribution is -2.27. The molecule has 2 aliphatic rings. The second-order valence-electron chi connectivity index (χ2n) is 3.54. The predicted molar refractivity (Wildman–Crippen MR) is 38.5 cm³/mol. The standard InChI is InChI=1S/C8H11NO2/c9-8(11)7-4-1-2-5(7)6(10)3-4/h4-5,7H,1-3H2,(H2,9,11)/t4-,5+,7-/m0/s1. The van der Waals surface area contributed by atoms with Crippen molar-refractivity contribution in [2.45, 2.75) is 19.3 Å². The summed E-state index contributed by atoms with van der Waals surface area (Å²) in [4.78, 5) is 22.0. The Morgan fingerprint density at radius 2 is 2.18 bits per heavy atom. The molecule has 0 unspecified atom stereocenters. The van der Waals surface area contributed by atoms with Gasteiger partial charge in [-0.15, -0.1) is 0 Å². The lowest BCUT2D eigenvalue weighted by molar-refractivity contribution is -0.127. The van der Waals surface area contributed by atoms with E-state index in [0.717, 1.165) is 12.8 Å². The summed E-state index contributed by atoms with van der Waals surface area (Å²) in [7, 11) is 0. The van der Waals surface area contributed by atoms with Crippen molar-refractivity contribution in [1.29, 1.82) is 0 Å². The molecule has 2 aliphatic carbocycles. The third-order valence-electron chi connectivity index (χ3n) is 3.00. The van der Waals surface area contributed by atoms with Gasteiger partial charge >= 0.3 is 0 Å². The van der Waals surface area contributed by atoms with Crippen molar-refractivity contribution in [1.82, 2.24) is 0 Å². The van der Waals surface area contributed by atoms with Crippen LogP contribution in [0.4, 0.5) is 0 Å². The fraction of sp³-hybridized carbons (Fsp3) is 0.750. The zero-order valence-corrected chi connectivity index (χ0v) is 6.25. The van der Waals surface area contributed by atoms with Crippen LogP contribution in [0.5, 0.6) is 0 Å². The summed E-state index contributed by atoms with van der Waals surface area (Å²) >= 11 is 0.